The van der Waals surface area contributed by atoms with E-state index in [2.05, 4.69) is 56.9 Å². The number of carbonyl (C=O) groups is 1. The molecule has 1 saturated carbocycles. The number of hydrogen-bond donors (Lipinski definition) is 1. The minimum absolute atomic E-state index is 0.163. The molecule has 4 heterocycles. The van der Waals surface area contributed by atoms with Crippen LogP contribution in [0.15, 0.2) is 42.6 Å². The van der Waals surface area contributed by atoms with Gasteiger partial charge >= 0.3 is 0 Å². The van der Waals surface area contributed by atoms with Gasteiger partial charge in [0.25, 0.3) is 5.91 Å². The van der Waals surface area contributed by atoms with Crippen molar-refractivity contribution in [3.05, 3.63) is 64.8 Å². The van der Waals surface area contributed by atoms with Gasteiger partial charge in [0.2, 0.25) is 0 Å². The molecule has 1 atom stereocenters. The Balaban J connectivity index is 1.12. The number of benzene rings is 2. The topological polar surface area (TPSA) is 75.6 Å². The smallest absolute Gasteiger partial charge is 0.253 e. The Morgan fingerprint density at radius 3 is 2.50 bits per heavy atom. The van der Waals surface area contributed by atoms with Crippen molar-refractivity contribution in [1.29, 1.82) is 5.26 Å². The zero-order valence-corrected chi connectivity index (χ0v) is 25.1. The number of rotatable bonds is 6. The second-order valence-corrected chi connectivity index (χ2v) is 13.4. The van der Waals surface area contributed by atoms with E-state index in [0.717, 1.165) is 76.0 Å². The highest BCUT2D eigenvalue weighted by Gasteiger charge is 2.49. The fourth-order valence-corrected chi connectivity index (χ4v) is 8.30. The Bertz CT molecular complexity index is 1490. The number of methoxy groups -OCH3 is 1. The molecule has 1 amide bonds. The van der Waals surface area contributed by atoms with Gasteiger partial charge in [-0.05, 0) is 112 Å². The lowest BCUT2D eigenvalue weighted by molar-refractivity contribution is -0.0298. The average Bonchev–Trinajstić information content (AvgIpc) is 3.48. The summed E-state index contributed by atoms with van der Waals surface area (Å²) in [5.41, 5.74) is 5.88. The van der Waals surface area contributed by atoms with E-state index in [1.54, 1.807) is 7.11 Å². The van der Waals surface area contributed by atoms with Gasteiger partial charge in [-0.2, -0.15) is 5.26 Å². The van der Waals surface area contributed by atoms with Crippen LogP contribution in [0.25, 0.3) is 10.9 Å². The minimum Gasteiger partial charge on any atom is -0.496 e. The van der Waals surface area contributed by atoms with E-state index in [4.69, 9.17) is 4.74 Å². The van der Waals surface area contributed by atoms with Crippen molar-refractivity contribution in [3.8, 4) is 11.8 Å². The number of aromatic nitrogens is 1. The number of nitrogens with zero attached hydrogens (tertiary/aromatic N) is 4. The van der Waals surface area contributed by atoms with E-state index in [1.807, 2.05) is 18.3 Å². The van der Waals surface area contributed by atoms with Crippen LogP contribution in [0.4, 0.5) is 0 Å². The molecule has 7 rings (SSSR count). The highest BCUT2D eigenvalue weighted by Crippen LogP contribution is 2.57. The van der Waals surface area contributed by atoms with Gasteiger partial charge in [-0.3, -0.25) is 9.69 Å². The first-order valence-electron chi connectivity index (χ1n) is 15.9. The number of fused-ring (bicyclic) bond motifs is 1. The van der Waals surface area contributed by atoms with Gasteiger partial charge in [-0.25, -0.2) is 0 Å². The summed E-state index contributed by atoms with van der Waals surface area (Å²) in [6, 6.07) is 16.2. The zero-order chi connectivity index (χ0) is 28.8. The van der Waals surface area contributed by atoms with E-state index in [1.165, 1.54) is 47.1 Å². The van der Waals surface area contributed by atoms with Gasteiger partial charge in [-0.1, -0.05) is 12.1 Å². The largest absolute Gasteiger partial charge is 0.496 e. The monoisotopic (exact) mass is 565 g/mol. The van der Waals surface area contributed by atoms with E-state index in [9.17, 15) is 10.1 Å². The lowest BCUT2D eigenvalue weighted by Crippen LogP contribution is -2.51. The van der Waals surface area contributed by atoms with Crippen LogP contribution in [-0.4, -0.2) is 71.5 Å². The molecule has 3 aliphatic heterocycles. The molecule has 3 aromatic rings. The maximum absolute atomic E-state index is 13.4. The summed E-state index contributed by atoms with van der Waals surface area (Å²) >= 11 is 0. The summed E-state index contributed by atoms with van der Waals surface area (Å²) in [7, 11) is 1.76. The lowest BCUT2D eigenvalue weighted by atomic mass is 9.56. The van der Waals surface area contributed by atoms with Crippen LogP contribution in [0, 0.1) is 29.6 Å². The van der Waals surface area contributed by atoms with Crippen LogP contribution in [0.5, 0.6) is 5.75 Å². The number of hydrogen-bond acceptors (Lipinski definition) is 5. The van der Waals surface area contributed by atoms with Crippen molar-refractivity contribution in [2.75, 3.05) is 39.8 Å². The van der Waals surface area contributed by atoms with Gasteiger partial charge in [0.1, 0.15) is 5.75 Å². The molecule has 1 spiro atoms. The maximum atomic E-state index is 13.4. The normalized spacial score (nSPS) is 27.0. The van der Waals surface area contributed by atoms with Crippen molar-refractivity contribution in [3.63, 3.8) is 0 Å². The predicted molar refractivity (Wildman–Crippen MR) is 164 cm³/mol. The van der Waals surface area contributed by atoms with Crippen LogP contribution in [0.3, 0.4) is 0 Å². The molecule has 1 aromatic heterocycles. The number of nitriles is 1. The zero-order valence-electron chi connectivity index (χ0n) is 25.1. The SMILES string of the molecule is COc1cc(C)c2[nH]ccc2c1CN1CCC2(CC(C#N)C2)C[C@H]1c1ccc(C(=O)N2CCC(N3CCC3)CC2)cc1. The molecule has 7 nitrogen and oxygen atoms in total. The summed E-state index contributed by atoms with van der Waals surface area (Å²) in [5.74, 6) is 1.29. The summed E-state index contributed by atoms with van der Waals surface area (Å²) in [4.78, 5) is 24.1. The van der Waals surface area contributed by atoms with Gasteiger partial charge in [0.05, 0.1) is 13.2 Å². The van der Waals surface area contributed by atoms with Crippen LogP contribution in [0.1, 0.15) is 78.0 Å². The number of piperidine rings is 2. The van der Waals surface area contributed by atoms with Crippen molar-refractivity contribution in [2.24, 2.45) is 11.3 Å². The van der Waals surface area contributed by atoms with Gasteiger partial charge in [0.15, 0.2) is 0 Å². The maximum Gasteiger partial charge on any atom is 0.253 e. The van der Waals surface area contributed by atoms with Crippen molar-refractivity contribution in [1.82, 2.24) is 19.7 Å². The third-order valence-corrected chi connectivity index (χ3v) is 10.9. The Labute approximate surface area is 249 Å². The van der Waals surface area contributed by atoms with Crippen molar-refractivity contribution in [2.45, 2.75) is 70.5 Å². The van der Waals surface area contributed by atoms with E-state index in [0.29, 0.717) is 6.04 Å². The Morgan fingerprint density at radius 2 is 1.83 bits per heavy atom. The van der Waals surface area contributed by atoms with Crippen molar-refractivity contribution < 1.29 is 9.53 Å². The number of likely N-dealkylation sites (tertiary alicyclic amines) is 3. The molecule has 4 fully saturated rings. The number of aryl methyl sites for hydroxylation is 1. The third kappa shape index (κ3) is 4.89. The standard InChI is InChI=1S/C35H43N5O2/c1-24-18-32(42-2)30(29-8-12-37-33(24)29)23-40-17-11-35(19-25(20-35)22-36)21-31(40)26-4-6-27(7-5-26)34(41)39-15-9-28(10-16-39)38-13-3-14-38/h4-8,12,18,25,28,31,37H,3,9-11,13-17,19-21,23H2,1-2H3/t25?,31-,35?/m0/s1. The average molecular weight is 566 g/mol. The van der Waals surface area contributed by atoms with E-state index >= 15 is 0 Å². The first-order valence-corrected chi connectivity index (χ1v) is 15.9. The number of aromatic amines is 1. The molecule has 1 aliphatic carbocycles. The Hall–Kier alpha value is -3.34. The fourth-order valence-electron chi connectivity index (χ4n) is 8.30. The highest BCUT2D eigenvalue weighted by molar-refractivity contribution is 5.94. The molecule has 2 aromatic carbocycles. The Morgan fingerprint density at radius 1 is 1.07 bits per heavy atom. The van der Waals surface area contributed by atoms with Crippen LogP contribution in [0.2, 0.25) is 0 Å². The molecular formula is C35H43N5O2. The molecule has 42 heavy (non-hydrogen) atoms. The number of ether oxygens (including phenoxy) is 1. The van der Waals surface area contributed by atoms with E-state index < -0.39 is 0 Å². The fraction of sp³-hybridized carbons (Fsp3) is 0.543. The summed E-state index contributed by atoms with van der Waals surface area (Å²) in [6.45, 7) is 8.07. The molecule has 220 valence electrons. The Kier molecular flexibility index (Phi) is 7.24. The van der Waals surface area contributed by atoms with Gasteiger partial charge in [0, 0.05) is 65.9 Å². The second kappa shape index (κ2) is 11.1. The second-order valence-electron chi connectivity index (χ2n) is 13.4. The quantitative estimate of drug-likeness (QED) is 0.394. The molecule has 7 heteroatoms. The highest BCUT2D eigenvalue weighted by atomic mass is 16.5. The predicted octanol–water partition coefficient (Wildman–Crippen LogP) is 6.05. The van der Waals surface area contributed by atoms with Crippen LogP contribution < -0.4 is 4.74 Å². The molecule has 0 radical (unpaired) electrons. The molecule has 0 unspecified atom stereocenters. The van der Waals surface area contributed by atoms with E-state index in [-0.39, 0.29) is 23.3 Å². The first kappa shape index (κ1) is 27.5. The number of carbonyl (C=O) groups excluding carboxylic acids is 1. The summed E-state index contributed by atoms with van der Waals surface area (Å²) in [6.07, 6.45) is 9.69. The van der Waals surface area contributed by atoms with Crippen LogP contribution in [-0.2, 0) is 6.54 Å². The van der Waals surface area contributed by atoms with Crippen LogP contribution >= 0.6 is 0 Å². The number of nitrogens with one attached hydrogen (secondary N) is 1. The molecule has 3 saturated heterocycles. The number of amides is 1. The van der Waals surface area contributed by atoms with Gasteiger partial charge < -0.3 is 19.5 Å². The van der Waals surface area contributed by atoms with Gasteiger partial charge in [-0.15, -0.1) is 0 Å². The lowest BCUT2D eigenvalue weighted by Gasteiger charge is -2.53. The summed E-state index contributed by atoms with van der Waals surface area (Å²) < 4.78 is 5.90. The number of H-pyrrole nitrogens is 1. The molecule has 1 N–H and O–H groups in total. The third-order valence-electron chi connectivity index (χ3n) is 10.9. The first-order chi connectivity index (χ1) is 20.5. The van der Waals surface area contributed by atoms with Crippen molar-refractivity contribution >= 4 is 16.8 Å². The molecule has 0 bridgehead atoms. The molecule has 4 aliphatic rings. The minimum atomic E-state index is 0.163. The molecular weight excluding hydrogens is 522 g/mol. The summed E-state index contributed by atoms with van der Waals surface area (Å²) in [5, 5.41) is 10.7.